The van der Waals surface area contributed by atoms with Crippen LogP contribution in [0.25, 0.3) is 88.3 Å². The van der Waals surface area contributed by atoms with Gasteiger partial charge in [0.15, 0.2) is 0 Å². The van der Waals surface area contributed by atoms with Gasteiger partial charge < -0.3 is 0 Å². The summed E-state index contributed by atoms with van der Waals surface area (Å²) in [5, 5.41) is 0. The predicted molar refractivity (Wildman–Crippen MR) is 413 cm³/mol. The van der Waals surface area contributed by atoms with E-state index in [9.17, 15) is 0 Å². The molecule has 0 aliphatic carbocycles. The molecule has 0 bridgehead atoms. The van der Waals surface area contributed by atoms with Crippen LogP contribution in [0.2, 0.25) is 66.5 Å². The molecule has 4 heterocycles. The standard InChI is InChI=1S/C82H98N8Si4/c1-49(2)91(50(3)4,51(5)6)43-39-63-75-77(85-69-31-27-25-29-67(69)83-75)65(41-45-93(55(13)14,56(15)16)57(17)18)81-79(63)87-71-37-35-61(47-73(71)89-81)33-34-62-36-38-72-74(48-62)90-82-66(42-46-94(58(19)20,59(21)22)60(23)24)78-76(84-68-30-26-28-32-70(68)86-78)64(80(82)88-72)40-44-92(52(7)8,53(9)10)54(11)12/h25-32,35-38,47-60H,1-24H3. The second-order valence-electron chi connectivity index (χ2n) is 30.4. The summed E-state index contributed by atoms with van der Waals surface area (Å²) in [7, 11) is -8.98. The van der Waals surface area contributed by atoms with E-state index in [4.69, 9.17) is 39.9 Å². The second kappa shape index (κ2) is 26.9. The fraction of sp³-hybridized carbons (Fsp3) is 0.439. The van der Waals surface area contributed by atoms with Crippen molar-refractivity contribution in [3.05, 3.63) is 118 Å². The zero-order valence-electron chi connectivity index (χ0n) is 60.6. The van der Waals surface area contributed by atoms with Crippen LogP contribution < -0.4 is 0 Å². The molecule has 8 nitrogen and oxygen atoms in total. The van der Waals surface area contributed by atoms with E-state index in [1.54, 1.807) is 0 Å². The maximum Gasteiger partial charge on any atom is 0.146 e. The van der Waals surface area contributed by atoms with Crippen molar-refractivity contribution in [2.24, 2.45) is 0 Å². The molecule has 0 atom stereocenters. The van der Waals surface area contributed by atoms with Crippen molar-refractivity contribution in [3.8, 4) is 57.7 Å². The van der Waals surface area contributed by atoms with Crippen molar-refractivity contribution in [2.45, 2.75) is 233 Å². The largest absolute Gasteiger partial charge is 0.243 e. The van der Waals surface area contributed by atoms with Gasteiger partial charge in [-0.3, -0.25) is 0 Å². The van der Waals surface area contributed by atoms with Crippen LogP contribution in [0.1, 0.15) is 200 Å². The molecule has 0 radical (unpaired) electrons. The second-order valence-corrected chi connectivity index (χ2v) is 52.7. The highest BCUT2D eigenvalue weighted by Crippen LogP contribution is 2.46. The number of benzene rings is 6. The van der Waals surface area contributed by atoms with Gasteiger partial charge in [-0.2, -0.15) is 0 Å². The molecule has 0 saturated heterocycles. The lowest BCUT2D eigenvalue weighted by Crippen LogP contribution is -2.43. The topological polar surface area (TPSA) is 103 Å². The lowest BCUT2D eigenvalue weighted by molar-refractivity contribution is 0.838. The molecule has 12 heteroatoms. The Hall–Kier alpha value is -7.61. The van der Waals surface area contributed by atoms with E-state index in [1.165, 1.54) is 0 Å². The molecule has 94 heavy (non-hydrogen) atoms. The van der Waals surface area contributed by atoms with E-state index in [0.717, 1.165) is 77.5 Å². The number of para-hydroxylation sites is 4. The summed E-state index contributed by atoms with van der Waals surface area (Å²) in [5.74, 6) is 22.5. The van der Waals surface area contributed by atoms with Crippen molar-refractivity contribution in [3.63, 3.8) is 0 Å². The quantitative estimate of drug-likeness (QED) is 0.0677. The first-order valence-corrected chi connectivity index (χ1v) is 43.7. The SMILES string of the molecule is CC(C)[Si](C#Cc1c2nc3ccccc3nc2c(C#C[Si](C(C)C)(C(C)C)C(C)C)c2nc3cc(C#Cc4ccc5nc6c(C#C[Si](C(C)C)(C(C)C)C(C)C)c7nc8ccccc8nc7c(C#C[Si](C(C)C)(C(C)C)C(C)C)c6nc5c4)ccc3nc12)(C(C)C)C(C)C. The third kappa shape index (κ3) is 12.0. The molecule has 0 unspecified atom stereocenters. The van der Waals surface area contributed by atoms with E-state index >= 15 is 0 Å². The van der Waals surface area contributed by atoms with Gasteiger partial charge in [0, 0.05) is 11.1 Å². The normalized spacial score (nSPS) is 12.8. The van der Waals surface area contributed by atoms with Crippen molar-refractivity contribution in [1.29, 1.82) is 0 Å². The van der Waals surface area contributed by atoms with E-state index < -0.39 is 32.3 Å². The highest BCUT2D eigenvalue weighted by molar-refractivity contribution is 6.92. The van der Waals surface area contributed by atoms with Gasteiger partial charge in [0.2, 0.25) is 0 Å². The Morgan fingerprint density at radius 2 is 0.383 bits per heavy atom. The average Bonchev–Trinajstić information content (AvgIpc) is 0.734. The van der Waals surface area contributed by atoms with Gasteiger partial charge in [-0.25, -0.2) is 39.9 Å². The molecule has 6 aromatic carbocycles. The van der Waals surface area contributed by atoms with Crippen molar-refractivity contribution in [2.75, 3.05) is 0 Å². The monoisotopic (exact) mass is 1310 g/mol. The first-order chi connectivity index (χ1) is 44.4. The predicted octanol–water partition coefficient (Wildman–Crippen LogP) is 21.8. The molecule has 0 spiro atoms. The molecule has 0 aliphatic rings. The fourth-order valence-corrected chi connectivity index (χ4v) is 38.0. The van der Waals surface area contributed by atoms with E-state index in [2.05, 4.69) is 236 Å². The van der Waals surface area contributed by atoms with Crippen LogP contribution in [-0.4, -0.2) is 72.2 Å². The third-order valence-corrected chi connectivity index (χ3v) is 47.0. The smallest absolute Gasteiger partial charge is 0.146 e. The van der Waals surface area contributed by atoms with Gasteiger partial charge in [-0.15, -0.1) is 22.2 Å². The zero-order valence-corrected chi connectivity index (χ0v) is 64.6. The van der Waals surface area contributed by atoms with Crippen LogP contribution in [0.15, 0.2) is 84.9 Å². The summed E-state index contributed by atoms with van der Waals surface area (Å²) in [5.41, 5.74) is 37.7. The summed E-state index contributed by atoms with van der Waals surface area (Å²) in [6, 6.07) is 28.5. The molecule has 0 aliphatic heterocycles. The summed E-state index contributed by atoms with van der Waals surface area (Å²) in [4.78, 5) is 44.1. The first kappa shape index (κ1) is 69.2. The van der Waals surface area contributed by atoms with Crippen LogP contribution >= 0.6 is 0 Å². The van der Waals surface area contributed by atoms with Gasteiger partial charge in [0.1, 0.15) is 76.4 Å². The Morgan fingerprint density at radius 1 is 0.213 bits per heavy atom. The number of rotatable bonds is 12. The summed E-state index contributed by atoms with van der Waals surface area (Å²) in [6.45, 7) is 56.5. The molecule has 10 rings (SSSR count). The maximum absolute atomic E-state index is 5.62. The Labute approximate surface area is 565 Å². The van der Waals surface area contributed by atoms with Gasteiger partial charge in [-0.05, 0) is 127 Å². The molecule has 4 aromatic heterocycles. The van der Waals surface area contributed by atoms with E-state index in [0.29, 0.717) is 111 Å². The number of fused-ring (bicyclic) bond motifs is 8. The van der Waals surface area contributed by atoms with Crippen LogP contribution in [0.3, 0.4) is 0 Å². The van der Waals surface area contributed by atoms with Crippen molar-refractivity contribution < 1.29 is 0 Å². The minimum absolute atomic E-state index is 0.417. The molecule has 0 fully saturated rings. The number of hydrogen-bond acceptors (Lipinski definition) is 8. The molecule has 482 valence electrons. The number of hydrogen-bond donors (Lipinski definition) is 0. The van der Waals surface area contributed by atoms with Gasteiger partial charge >= 0.3 is 0 Å². The van der Waals surface area contributed by atoms with Crippen molar-refractivity contribution >= 4 is 121 Å². The average molecular weight is 1310 g/mol. The number of nitrogens with zero attached hydrogens (tertiary/aromatic N) is 8. The van der Waals surface area contributed by atoms with Crippen molar-refractivity contribution in [1.82, 2.24) is 39.9 Å². The van der Waals surface area contributed by atoms with E-state index in [-0.39, 0.29) is 0 Å². The molecular weight excluding hydrogens is 1210 g/mol. The Morgan fingerprint density at radius 3 is 0.564 bits per heavy atom. The van der Waals surface area contributed by atoms with Crippen LogP contribution in [0.5, 0.6) is 0 Å². The molecule has 0 saturated carbocycles. The Kier molecular flexibility index (Phi) is 19.8. The third-order valence-electron chi connectivity index (χ3n) is 21.8. The lowest BCUT2D eigenvalue weighted by Gasteiger charge is -2.38. The molecule has 0 N–H and O–H groups in total. The molecule has 10 aromatic rings. The van der Waals surface area contributed by atoms with Crippen LogP contribution in [0.4, 0.5) is 0 Å². The minimum Gasteiger partial charge on any atom is -0.243 e. The summed E-state index contributed by atoms with van der Waals surface area (Å²) >= 11 is 0. The number of aromatic nitrogens is 8. The van der Waals surface area contributed by atoms with Gasteiger partial charge in [0.25, 0.3) is 0 Å². The minimum atomic E-state index is -2.26. The van der Waals surface area contributed by atoms with E-state index in [1.807, 2.05) is 72.8 Å². The summed E-state index contributed by atoms with van der Waals surface area (Å²) < 4.78 is 0. The highest BCUT2D eigenvalue weighted by atomic mass is 28.3. The first-order valence-electron chi connectivity index (χ1n) is 34.8. The van der Waals surface area contributed by atoms with Gasteiger partial charge in [-0.1, -0.05) is 226 Å². The zero-order chi connectivity index (χ0) is 68.3. The van der Waals surface area contributed by atoms with Crippen LogP contribution in [-0.2, 0) is 0 Å². The van der Waals surface area contributed by atoms with Gasteiger partial charge in [0.05, 0.1) is 66.4 Å². The Balaban J connectivity index is 1.23. The molecular formula is C82H98N8Si4. The lowest BCUT2D eigenvalue weighted by atomic mass is 10.0. The fourth-order valence-electron chi connectivity index (χ4n) is 17.1. The van der Waals surface area contributed by atoms with Crippen LogP contribution in [0, 0.1) is 57.7 Å². The Bertz CT molecular complexity index is 4580. The molecule has 0 amide bonds. The maximum atomic E-state index is 5.62. The highest BCUT2D eigenvalue weighted by Gasteiger charge is 2.45. The summed E-state index contributed by atoms with van der Waals surface area (Å²) in [6.07, 6.45) is 0.